The zero-order valence-corrected chi connectivity index (χ0v) is 8.99. The summed E-state index contributed by atoms with van der Waals surface area (Å²) in [5.74, 6) is -0.378. The van der Waals surface area contributed by atoms with Crippen molar-refractivity contribution in [2.45, 2.75) is 32.1 Å². The molecule has 0 heterocycles. The van der Waals surface area contributed by atoms with E-state index in [0.717, 1.165) is 49.5 Å². The lowest BCUT2D eigenvalue weighted by molar-refractivity contribution is -0.134. The van der Waals surface area contributed by atoms with Gasteiger partial charge in [0.15, 0.2) is 0 Å². The SMILES string of the molecule is COC(=O)/C=C/C1=C(C=O)CCCCC1. The third-order valence-corrected chi connectivity index (χ3v) is 2.57. The predicted octanol–water partition coefficient (Wildman–Crippen LogP) is 2.18. The van der Waals surface area contributed by atoms with Crippen LogP contribution in [0.5, 0.6) is 0 Å². The van der Waals surface area contributed by atoms with Gasteiger partial charge in [0.1, 0.15) is 6.29 Å². The molecule has 0 amide bonds. The van der Waals surface area contributed by atoms with Gasteiger partial charge in [0.25, 0.3) is 0 Å². The van der Waals surface area contributed by atoms with Crippen molar-refractivity contribution in [2.75, 3.05) is 7.11 Å². The van der Waals surface area contributed by atoms with Crippen LogP contribution in [0.2, 0.25) is 0 Å². The van der Waals surface area contributed by atoms with Crippen LogP contribution in [0.15, 0.2) is 23.3 Å². The molecular formula is C12H16O3. The van der Waals surface area contributed by atoms with Crippen molar-refractivity contribution in [1.82, 2.24) is 0 Å². The smallest absolute Gasteiger partial charge is 0.330 e. The summed E-state index contributed by atoms with van der Waals surface area (Å²) in [5, 5.41) is 0. The van der Waals surface area contributed by atoms with E-state index in [1.165, 1.54) is 13.2 Å². The van der Waals surface area contributed by atoms with E-state index in [2.05, 4.69) is 4.74 Å². The second kappa shape index (κ2) is 6.17. The van der Waals surface area contributed by atoms with Crippen LogP contribution in [0, 0.1) is 0 Å². The first-order chi connectivity index (χ1) is 7.27. The van der Waals surface area contributed by atoms with Crippen LogP contribution in [-0.4, -0.2) is 19.4 Å². The van der Waals surface area contributed by atoms with Crippen LogP contribution >= 0.6 is 0 Å². The Labute approximate surface area is 89.8 Å². The van der Waals surface area contributed by atoms with E-state index >= 15 is 0 Å². The number of esters is 1. The van der Waals surface area contributed by atoms with E-state index in [9.17, 15) is 9.59 Å². The maximum absolute atomic E-state index is 10.9. The summed E-state index contributed by atoms with van der Waals surface area (Å²) < 4.78 is 4.50. The first-order valence-electron chi connectivity index (χ1n) is 5.21. The van der Waals surface area contributed by atoms with Crippen molar-refractivity contribution >= 4 is 12.3 Å². The number of aldehydes is 1. The second-order valence-corrected chi connectivity index (χ2v) is 3.59. The molecule has 0 saturated heterocycles. The topological polar surface area (TPSA) is 43.4 Å². The first kappa shape index (κ1) is 11.7. The molecule has 0 saturated carbocycles. The van der Waals surface area contributed by atoms with Crippen molar-refractivity contribution < 1.29 is 14.3 Å². The molecule has 1 aliphatic carbocycles. The van der Waals surface area contributed by atoms with Crippen LogP contribution < -0.4 is 0 Å². The Morgan fingerprint density at radius 3 is 2.47 bits per heavy atom. The van der Waals surface area contributed by atoms with Gasteiger partial charge in [-0.2, -0.15) is 0 Å². The number of carbonyl (C=O) groups is 2. The van der Waals surface area contributed by atoms with Gasteiger partial charge < -0.3 is 4.74 Å². The number of rotatable bonds is 3. The molecule has 0 atom stereocenters. The molecule has 1 rings (SSSR count). The number of hydrogen-bond donors (Lipinski definition) is 0. The molecule has 0 aromatic carbocycles. The minimum Gasteiger partial charge on any atom is -0.466 e. The predicted molar refractivity (Wildman–Crippen MR) is 57.3 cm³/mol. The molecule has 0 bridgehead atoms. The number of methoxy groups -OCH3 is 1. The Hall–Kier alpha value is -1.38. The van der Waals surface area contributed by atoms with Crippen LogP contribution in [0.1, 0.15) is 32.1 Å². The van der Waals surface area contributed by atoms with Gasteiger partial charge in [-0.25, -0.2) is 4.79 Å². The lowest BCUT2D eigenvalue weighted by Gasteiger charge is -2.01. The lowest BCUT2D eigenvalue weighted by atomic mass is 10.0. The monoisotopic (exact) mass is 208 g/mol. The van der Waals surface area contributed by atoms with E-state index in [0.29, 0.717) is 0 Å². The summed E-state index contributed by atoms with van der Waals surface area (Å²) in [6.07, 6.45) is 8.98. The van der Waals surface area contributed by atoms with Gasteiger partial charge in [-0.3, -0.25) is 4.79 Å². The van der Waals surface area contributed by atoms with Crippen molar-refractivity contribution in [1.29, 1.82) is 0 Å². The van der Waals surface area contributed by atoms with Crippen LogP contribution in [0.3, 0.4) is 0 Å². The third-order valence-electron chi connectivity index (χ3n) is 2.57. The Balaban J connectivity index is 2.77. The van der Waals surface area contributed by atoms with Crippen molar-refractivity contribution in [3.63, 3.8) is 0 Å². The molecule has 1 aliphatic rings. The molecule has 0 spiro atoms. The zero-order valence-electron chi connectivity index (χ0n) is 8.99. The van der Waals surface area contributed by atoms with Crippen LogP contribution in [0.4, 0.5) is 0 Å². The number of ether oxygens (including phenoxy) is 1. The lowest BCUT2D eigenvalue weighted by Crippen LogP contribution is -1.95. The number of allylic oxidation sites excluding steroid dienone is 3. The second-order valence-electron chi connectivity index (χ2n) is 3.59. The fourth-order valence-corrected chi connectivity index (χ4v) is 1.69. The summed E-state index contributed by atoms with van der Waals surface area (Å²) in [7, 11) is 1.34. The summed E-state index contributed by atoms with van der Waals surface area (Å²) in [5.41, 5.74) is 1.81. The Kier molecular flexibility index (Phi) is 4.81. The third kappa shape index (κ3) is 3.70. The molecule has 0 aromatic heterocycles. The van der Waals surface area contributed by atoms with Gasteiger partial charge in [-0.05, 0) is 36.8 Å². The summed E-state index contributed by atoms with van der Waals surface area (Å²) >= 11 is 0. The van der Waals surface area contributed by atoms with Crippen molar-refractivity contribution in [2.24, 2.45) is 0 Å². The quantitative estimate of drug-likeness (QED) is 0.405. The van der Waals surface area contributed by atoms with Crippen LogP contribution in [-0.2, 0) is 14.3 Å². The van der Waals surface area contributed by atoms with Gasteiger partial charge in [0.05, 0.1) is 7.11 Å². The Bertz CT molecular complexity index is 300. The molecule has 15 heavy (non-hydrogen) atoms. The normalized spacial score (nSPS) is 17.7. The molecule has 0 aromatic rings. The maximum Gasteiger partial charge on any atom is 0.330 e. The average Bonchev–Trinajstić information content (AvgIpc) is 2.50. The highest BCUT2D eigenvalue weighted by Crippen LogP contribution is 2.23. The number of carbonyl (C=O) groups excluding carboxylic acids is 2. The van der Waals surface area contributed by atoms with Gasteiger partial charge in [-0.1, -0.05) is 12.5 Å². The van der Waals surface area contributed by atoms with Gasteiger partial charge >= 0.3 is 5.97 Å². The van der Waals surface area contributed by atoms with E-state index in [1.54, 1.807) is 6.08 Å². The Morgan fingerprint density at radius 2 is 1.87 bits per heavy atom. The number of hydrogen-bond acceptors (Lipinski definition) is 3. The van der Waals surface area contributed by atoms with E-state index in [1.807, 2.05) is 0 Å². The van der Waals surface area contributed by atoms with E-state index in [4.69, 9.17) is 0 Å². The highest BCUT2D eigenvalue weighted by molar-refractivity contribution is 5.83. The van der Waals surface area contributed by atoms with Gasteiger partial charge in [0.2, 0.25) is 0 Å². The summed E-state index contributed by atoms with van der Waals surface area (Å²) in [6.45, 7) is 0. The van der Waals surface area contributed by atoms with Crippen molar-refractivity contribution in [3.8, 4) is 0 Å². The van der Waals surface area contributed by atoms with Crippen molar-refractivity contribution in [3.05, 3.63) is 23.3 Å². The molecule has 0 aliphatic heterocycles. The standard InChI is InChI=1S/C12H16O3/c1-15-12(14)8-7-10-5-3-2-4-6-11(10)9-13/h7-9H,2-6H2,1H3/b8-7+. The first-order valence-corrected chi connectivity index (χ1v) is 5.21. The summed E-state index contributed by atoms with van der Waals surface area (Å²) in [6, 6.07) is 0. The zero-order chi connectivity index (χ0) is 11.1. The van der Waals surface area contributed by atoms with Gasteiger partial charge in [-0.15, -0.1) is 0 Å². The van der Waals surface area contributed by atoms with Gasteiger partial charge in [0, 0.05) is 6.08 Å². The van der Waals surface area contributed by atoms with Crippen LogP contribution in [0.25, 0.3) is 0 Å². The molecule has 0 N–H and O–H groups in total. The molecular weight excluding hydrogens is 192 g/mol. The highest BCUT2D eigenvalue weighted by Gasteiger charge is 2.08. The Morgan fingerprint density at radius 1 is 1.20 bits per heavy atom. The minimum atomic E-state index is -0.378. The molecule has 0 radical (unpaired) electrons. The molecule has 3 nitrogen and oxygen atoms in total. The fourth-order valence-electron chi connectivity index (χ4n) is 1.69. The summed E-state index contributed by atoms with van der Waals surface area (Å²) in [4.78, 5) is 21.7. The van der Waals surface area contributed by atoms with E-state index in [-0.39, 0.29) is 5.97 Å². The molecule has 82 valence electrons. The average molecular weight is 208 g/mol. The maximum atomic E-state index is 10.9. The van der Waals surface area contributed by atoms with E-state index < -0.39 is 0 Å². The molecule has 0 unspecified atom stereocenters. The largest absolute Gasteiger partial charge is 0.466 e. The fraction of sp³-hybridized carbons (Fsp3) is 0.500. The molecule has 0 fully saturated rings. The molecule has 3 heteroatoms. The highest BCUT2D eigenvalue weighted by atomic mass is 16.5. The minimum absolute atomic E-state index is 0.378.